The van der Waals surface area contributed by atoms with Gasteiger partial charge in [0.1, 0.15) is 11.9 Å². The van der Waals surface area contributed by atoms with Crippen LogP contribution in [-0.4, -0.2) is 62.6 Å². The lowest BCUT2D eigenvalue weighted by atomic mass is 9.54. The second kappa shape index (κ2) is 13.3. The van der Waals surface area contributed by atoms with Crippen molar-refractivity contribution < 1.29 is 39.5 Å². The molecule has 0 aromatic rings. The molecule has 0 aromatic carbocycles. The molecule has 0 spiro atoms. The molecule has 2 aliphatic carbocycles. The number of rotatable bonds is 11. The fraction of sp³-hybridized carbons (Fsp3) is 0.516. The molecule has 0 saturated carbocycles. The summed E-state index contributed by atoms with van der Waals surface area (Å²) in [5, 5.41) is 40.2. The van der Waals surface area contributed by atoms with E-state index in [1.165, 1.54) is 6.08 Å². The highest BCUT2D eigenvalue weighted by molar-refractivity contribution is 5.88. The molecule has 2 aliphatic rings. The SMILES string of the molecule is CC(/C=C/C=C(\C)C(O)C(C)C(=O)OC1CC(C)C=C2C=CC(C)(O)C(C)(C(=O)CCO)C21)=C\C=C\C(=O)O. The van der Waals surface area contributed by atoms with E-state index >= 15 is 0 Å². The maximum atomic E-state index is 13.3. The van der Waals surface area contributed by atoms with Crippen LogP contribution in [0.4, 0.5) is 0 Å². The number of fused-ring (bicyclic) bond motifs is 1. The van der Waals surface area contributed by atoms with Gasteiger partial charge in [0, 0.05) is 25.0 Å². The van der Waals surface area contributed by atoms with E-state index in [1.54, 1.807) is 71.1 Å². The Labute approximate surface area is 230 Å². The number of carbonyl (C=O) groups excluding carboxylic acids is 2. The van der Waals surface area contributed by atoms with Gasteiger partial charge >= 0.3 is 11.9 Å². The van der Waals surface area contributed by atoms with E-state index in [2.05, 4.69) is 0 Å². The second-order valence-electron chi connectivity index (χ2n) is 11.0. The zero-order chi connectivity index (χ0) is 29.5. The average molecular weight is 543 g/mol. The van der Waals surface area contributed by atoms with Gasteiger partial charge in [-0.3, -0.25) is 9.59 Å². The van der Waals surface area contributed by atoms with Crippen molar-refractivity contribution in [1.82, 2.24) is 0 Å². The highest BCUT2D eigenvalue weighted by atomic mass is 16.5. The van der Waals surface area contributed by atoms with Crippen LogP contribution >= 0.6 is 0 Å². The highest BCUT2D eigenvalue weighted by Crippen LogP contribution is 2.53. The van der Waals surface area contributed by atoms with Gasteiger partial charge in [0.25, 0.3) is 0 Å². The highest BCUT2D eigenvalue weighted by Gasteiger charge is 2.59. The molecule has 0 amide bonds. The van der Waals surface area contributed by atoms with Crippen molar-refractivity contribution in [1.29, 1.82) is 0 Å². The molecule has 0 bridgehead atoms. The Balaban J connectivity index is 2.24. The minimum absolute atomic E-state index is 0.0626. The van der Waals surface area contributed by atoms with E-state index in [4.69, 9.17) is 9.84 Å². The summed E-state index contributed by atoms with van der Waals surface area (Å²) in [6.45, 7) is 9.93. The zero-order valence-electron chi connectivity index (χ0n) is 23.6. The molecular weight excluding hydrogens is 500 g/mol. The molecule has 214 valence electrons. The van der Waals surface area contributed by atoms with Gasteiger partial charge in [-0.2, -0.15) is 0 Å². The first-order valence-corrected chi connectivity index (χ1v) is 13.2. The van der Waals surface area contributed by atoms with Crippen molar-refractivity contribution >= 4 is 17.7 Å². The van der Waals surface area contributed by atoms with Gasteiger partial charge in [-0.05, 0) is 58.1 Å². The van der Waals surface area contributed by atoms with Crippen molar-refractivity contribution in [3.8, 4) is 0 Å². The van der Waals surface area contributed by atoms with Crippen LogP contribution in [0.25, 0.3) is 0 Å². The third kappa shape index (κ3) is 7.53. The van der Waals surface area contributed by atoms with Crippen molar-refractivity contribution in [2.24, 2.45) is 23.2 Å². The molecule has 0 heterocycles. The predicted octanol–water partition coefficient (Wildman–Crippen LogP) is 3.85. The number of hydrogen-bond donors (Lipinski definition) is 4. The Morgan fingerprint density at radius 2 is 1.79 bits per heavy atom. The summed E-state index contributed by atoms with van der Waals surface area (Å²) in [6.07, 6.45) is 13.1. The van der Waals surface area contributed by atoms with Gasteiger partial charge in [0.15, 0.2) is 0 Å². The molecule has 8 nitrogen and oxygen atoms in total. The van der Waals surface area contributed by atoms with Crippen molar-refractivity contribution in [3.63, 3.8) is 0 Å². The Morgan fingerprint density at radius 3 is 2.41 bits per heavy atom. The van der Waals surface area contributed by atoms with E-state index < -0.39 is 47.0 Å². The number of esters is 1. The molecule has 7 atom stereocenters. The summed E-state index contributed by atoms with van der Waals surface area (Å²) < 4.78 is 5.98. The van der Waals surface area contributed by atoms with Gasteiger partial charge in [-0.1, -0.05) is 61.1 Å². The number of carbonyl (C=O) groups is 3. The lowest BCUT2D eigenvalue weighted by Crippen LogP contribution is -2.59. The van der Waals surface area contributed by atoms with Gasteiger partial charge in [0.05, 0.1) is 23.0 Å². The lowest BCUT2D eigenvalue weighted by molar-refractivity contribution is -0.172. The number of ether oxygens (including phenoxy) is 1. The first-order chi connectivity index (χ1) is 18.1. The number of aliphatic carboxylic acids is 1. The molecule has 0 aromatic heterocycles. The summed E-state index contributed by atoms with van der Waals surface area (Å²) in [4.78, 5) is 37.1. The van der Waals surface area contributed by atoms with Crippen molar-refractivity contribution in [2.45, 2.75) is 72.2 Å². The lowest BCUT2D eigenvalue weighted by Gasteiger charge is -2.52. The number of aliphatic hydroxyl groups excluding tert-OH is 2. The van der Waals surface area contributed by atoms with E-state index in [0.717, 1.165) is 17.2 Å². The summed E-state index contributed by atoms with van der Waals surface area (Å²) in [5.41, 5.74) is -0.699. The van der Waals surface area contributed by atoms with Crippen LogP contribution in [-0.2, 0) is 19.1 Å². The van der Waals surface area contributed by atoms with Gasteiger partial charge in [-0.25, -0.2) is 4.79 Å². The fourth-order valence-electron chi connectivity index (χ4n) is 5.33. The minimum atomic E-state index is -1.51. The fourth-order valence-corrected chi connectivity index (χ4v) is 5.33. The molecule has 0 radical (unpaired) electrons. The van der Waals surface area contributed by atoms with Crippen LogP contribution in [0.3, 0.4) is 0 Å². The number of Topliss-reactive ketones (excluding diaryl/α,β-unsaturated/α-hetero) is 1. The van der Waals surface area contributed by atoms with Crippen LogP contribution in [0.15, 0.2) is 71.4 Å². The molecule has 39 heavy (non-hydrogen) atoms. The van der Waals surface area contributed by atoms with Gasteiger partial charge in [0.2, 0.25) is 0 Å². The van der Waals surface area contributed by atoms with Gasteiger partial charge < -0.3 is 25.2 Å². The molecule has 0 aliphatic heterocycles. The van der Waals surface area contributed by atoms with E-state index in [0.29, 0.717) is 12.0 Å². The number of aliphatic hydroxyl groups is 3. The minimum Gasteiger partial charge on any atom is -0.478 e. The Kier molecular flexibility index (Phi) is 11.0. The molecular formula is C31H42O8. The van der Waals surface area contributed by atoms with E-state index in [-0.39, 0.29) is 24.7 Å². The number of carboxylic acid groups (broad SMARTS) is 1. The largest absolute Gasteiger partial charge is 0.478 e. The third-order valence-electron chi connectivity index (χ3n) is 7.90. The van der Waals surface area contributed by atoms with Crippen LogP contribution in [0, 0.1) is 23.2 Å². The predicted molar refractivity (Wildman–Crippen MR) is 148 cm³/mol. The quantitative estimate of drug-likeness (QED) is 0.175. The molecule has 7 unspecified atom stereocenters. The standard InChI is InChI=1S/C31H42O8/c1-19(10-8-12-26(34)35)9-7-11-21(3)28(36)22(4)29(37)39-24-18-20(2)17-23-13-15-30(5,38)31(6,27(23)24)25(33)14-16-32/h7-13,15,17,20,22,24,27-28,32,36,38H,14,16,18H2,1-6H3,(H,34,35)/b9-7+,12-8+,19-10+,21-11+. The first kappa shape index (κ1) is 32.1. The van der Waals surface area contributed by atoms with Crippen LogP contribution in [0.2, 0.25) is 0 Å². The maximum Gasteiger partial charge on any atom is 0.328 e. The third-order valence-corrected chi connectivity index (χ3v) is 7.90. The van der Waals surface area contributed by atoms with Crippen LogP contribution < -0.4 is 0 Å². The number of ketones is 1. The van der Waals surface area contributed by atoms with Gasteiger partial charge in [-0.15, -0.1) is 0 Å². The summed E-state index contributed by atoms with van der Waals surface area (Å²) >= 11 is 0. The summed E-state index contributed by atoms with van der Waals surface area (Å²) in [6, 6.07) is 0. The summed E-state index contributed by atoms with van der Waals surface area (Å²) in [5.74, 6) is -3.40. The number of carboxylic acids is 1. The van der Waals surface area contributed by atoms with Crippen molar-refractivity contribution in [2.75, 3.05) is 6.61 Å². The molecule has 0 fully saturated rings. The van der Waals surface area contributed by atoms with E-state index in [1.807, 2.05) is 13.0 Å². The monoisotopic (exact) mass is 542 g/mol. The topological polar surface area (TPSA) is 141 Å². The van der Waals surface area contributed by atoms with Crippen LogP contribution in [0.1, 0.15) is 54.4 Å². The molecule has 8 heteroatoms. The zero-order valence-corrected chi connectivity index (χ0v) is 23.6. The molecule has 4 N–H and O–H groups in total. The van der Waals surface area contributed by atoms with E-state index in [9.17, 15) is 29.7 Å². The Bertz CT molecular complexity index is 1120. The summed E-state index contributed by atoms with van der Waals surface area (Å²) in [7, 11) is 0. The normalized spacial score (nSPS) is 31.1. The van der Waals surface area contributed by atoms with Crippen LogP contribution in [0.5, 0.6) is 0 Å². The average Bonchev–Trinajstić information content (AvgIpc) is 2.85. The number of hydrogen-bond acceptors (Lipinski definition) is 7. The first-order valence-electron chi connectivity index (χ1n) is 13.2. The molecule has 2 rings (SSSR count). The maximum absolute atomic E-state index is 13.3. The Morgan fingerprint density at radius 1 is 1.15 bits per heavy atom. The number of allylic oxidation sites excluding steroid dienone is 8. The molecule has 0 saturated heterocycles. The smallest absolute Gasteiger partial charge is 0.328 e. The second-order valence-corrected chi connectivity index (χ2v) is 11.0. The Hall–Kier alpha value is -3.07. The van der Waals surface area contributed by atoms with Crippen molar-refractivity contribution in [3.05, 3.63) is 71.4 Å².